The molecule has 2 aromatic rings. The molecule has 0 aliphatic rings. The second-order valence-electron chi connectivity index (χ2n) is 3.44. The lowest BCUT2D eigenvalue weighted by molar-refractivity contribution is 0.559. The zero-order chi connectivity index (χ0) is 11.5. The van der Waals surface area contributed by atoms with Gasteiger partial charge in [0.1, 0.15) is 5.58 Å². The Morgan fingerprint density at radius 1 is 1.38 bits per heavy atom. The minimum Gasteiger partial charge on any atom is -0.423 e. The molecule has 0 amide bonds. The van der Waals surface area contributed by atoms with E-state index in [0.717, 1.165) is 26.9 Å². The molecule has 1 heterocycles. The third-order valence-corrected chi connectivity index (χ3v) is 4.19. The van der Waals surface area contributed by atoms with Gasteiger partial charge in [-0.15, -0.1) is 11.8 Å². The third-order valence-electron chi connectivity index (χ3n) is 2.27. The predicted octanol–water partition coefficient (Wildman–Crippen LogP) is 3.59. The van der Waals surface area contributed by atoms with Gasteiger partial charge in [-0.1, -0.05) is 15.9 Å². The van der Waals surface area contributed by atoms with Gasteiger partial charge >= 0.3 is 5.63 Å². The summed E-state index contributed by atoms with van der Waals surface area (Å²) in [5, 5.41) is 1.95. The Morgan fingerprint density at radius 2 is 2.19 bits per heavy atom. The first-order valence-corrected chi connectivity index (χ1v) is 7.04. The van der Waals surface area contributed by atoms with Crippen molar-refractivity contribution in [3.8, 4) is 0 Å². The SMILES string of the molecule is Cc1cc(=O)oc2cc(SCCBr)ccc12. The van der Waals surface area contributed by atoms with Gasteiger partial charge in [-0.25, -0.2) is 4.79 Å². The van der Waals surface area contributed by atoms with Crippen LogP contribution in [0.3, 0.4) is 0 Å². The van der Waals surface area contributed by atoms with Crippen molar-refractivity contribution in [1.29, 1.82) is 0 Å². The molecule has 16 heavy (non-hydrogen) atoms. The lowest BCUT2D eigenvalue weighted by Crippen LogP contribution is -1.97. The molecule has 2 nitrogen and oxygen atoms in total. The van der Waals surface area contributed by atoms with E-state index in [-0.39, 0.29) is 5.63 Å². The summed E-state index contributed by atoms with van der Waals surface area (Å²) < 4.78 is 5.18. The molecule has 0 spiro atoms. The molecule has 0 bridgehead atoms. The van der Waals surface area contributed by atoms with Crippen molar-refractivity contribution in [3.63, 3.8) is 0 Å². The second kappa shape index (κ2) is 5.06. The Bertz CT molecular complexity index is 562. The summed E-state index contributed by atoms with van der Waals surface area (Å²) in [5.41, 5.74) is 1.35. The van der Waals surface area contributed by atoms with Gasteiger partial charge < -0.3 is 4.42 Å². The van der Waals surface area contributed by atoms with Crippen molar-refractivity contribution in [2.24, 2.45) is 0 Å². The standard InChI is InChI=1S/C12H11BrO2S/c1-8-6-12(14)15-11-7-9(16-5-4-13)2-3-10(8)11/h2-3,6-7H,4-5H2,1H3. The highest BCUT2D eigenvalue weighted by Gasteiger charge is 2.03. The van der Waals surface area contributed by atoms with Gasteiger partial charge in [-0.05, 0) is 30.7 Å². The molecule has 1 aromatic carbocycles. The van der Waals surface area contributed by atoms with E-state index in [1.165, 1.54) is 6.07 Å². The summed E-state index contributed by atoms with van der Waals surface area (Å²) in [7, 11) is 0. The Kier molecular flexibility index (Phi) is 3.71. The van der Waals surface area contributed by atoms with E-state index in [0.29, 0.717) is 5.58 Å². The van der Waals surface area contributed by atoms with Crippen LogP contribution in [0.25, 0.3) is 11.0 Å². The molecule has 0 saturated heterocycles. The van der Waals surface area contributed by atoms with Gasteiger partial charge in [0.25, 0.3) is 0 Å². The van der Waals surface area contributed by atoms with E-state index in [9.17, 15) is 4.79 Å². The molecule has 0 N–H and O–H groups in total. The fourth-order valence-electron chi connectivity index (χ4n) is 1.55. The molecule has 1 aromatic heterocycles. The van der Waals surface area contributed by atoms with E-state index >= 15 is 0 Å². The Hall–Kier alpha value is -0.740. The maximum atomic E-state index is 11.2. The molecule has 0 atom stereocenters. The number of thioether (sulfide) groups is 1. The summed E-state index contributed by atoms with van der Waals surface area (Å²) in [5.74, 6) is 1.00. The number of hydrogen-bond donors (Lipinski definition) is 0. The highest BCUT2D eigenvalue weighted by atomic mass is 79.9. The van der Waals surface area contributed by atoms with Crippen molar-refractivity contribution in [2.75, 3.05) is 11.1 Å². The minimum absolute atomic E-state index is 0.285. The topological polar surface area (TPSA) is 30.2 Å². The maximum absolute atomic E-state index is 11.2. The van der Waals surface area contributed by atoms with Crippen LogP contribution in [0.2, 0.25) is 0 Å². The molecule has 0 aliphatic heterocycles. The predicted molar refractivity (Wildman–Crippen MR) is 71.7 cm³/mol. The molecule has 2 rings (SSSR count). The molecule has 0 radical (unpaired) electrons. The molecule has 0 aliphatic carbocycles. The van der Waals surface area contributed by atoms with E-state index in [1.807, 2.05) is 19.1 Å². The van der Waals surface area contributed by atoms with Crippen LogP contribution in [0, 0.1) is 6.92 Å². The summed E-state index contributed by atoms with van der Waals surface area (Å²) in [6.07, 6.45) is 0. The molecule has 84 valence electrons. The third kappa shape index (κ3) is 2.50. The molecule has 0 fully saturated rings. The molecule has 4 heteroatoms. The number of fused-ring (bicyclic) bond motifs is 1. The number of alkyl halides is 1. The number of benzene rings is 1. The fraction of sp³-hybridized carbons (Fsp3) is 0.250. The van der Waals surface area contributed by atoms with Crippen LogP contribution in [-0.2, 0) is 0 Å². The Labute approximate surface area is 106 Å². The van der Waals surface area contributed by atoms with E-state index in [1.54, 1.807) is 11.8 Å². The lowest BCUT2D eigenvalue weighted by Gasteiger charge is -2.03. The van der Waals surface area contributed by atoms with Gasteiger partial charge in [0.2, 0.25) is 0 Å². The van der Waals surface area contributed by atoms with Crippen molar-refractivity contribution >= 4 is 38.7 Å². The largest absolute Gasteiger partial charge is 0.423 e. The number of hydrogen-bond acceptors (Lipinski definition) is 3. The zero-order valence-electron chi connectivity index (χ0n) is 8.83. The van der Waals surface area contributed by atoms with Crippen molar-refractivity contribution in [2.45, 2.75) is 11.8 Å². The number of halogens is 1. The zero-order valence-corrected chi connectivity index (χ0v) is 11.2. The summed E-state index contributed by atoms with van der Waals surface area (Å²) in [6, 6.07) is 7.51. The van der Waals surface area contributed by atoms with Crippen molar-refractivity contribution in [1.82, 2.24) is 0 Å². The van der Waals surface area contributed by atoms with Gasteiger partial charge in [-0.2, -0.15) is 0 Å². The summed E-state index contributed by atoms with van der Waals surface area (Å²) >= 11 is 5.12. The first kappa shape index (κ1) is 11.7. The summed E-state index contributed by atoms with van der Waals surface area (Å²) in [4.78, 5) is 12.4. The summed E-state index contributed by atoms with van der Waals surface area (Å²) in [6.45, 7) is 1.92. The molecular formula is C12H11BrO2S. The van der Waals surface area contributed by atoms with Gasteiger partial charge in [0, 0.05) is 27.4 Å². The van der Waals surface area contributed by atoms with Crippen LogP contribution >= 0.6 is 27.7 Å². The Balaban J connectivity index is 2.49. The monoisotopic (exact) mass is 298 g/mol. The van der Waals surface area contributed by atoms with Gasteiger partial charge in [0.15, 0.2) is 0 Å². The van der Waals surface area contributed by atoms with Crippen LogP contribution in [-0.4, -0.2) is 11.1 Å². The minimum atomic E-state index is -0.285. The first-order chi connectivity index (χ1) is 7.70. The highest BCUT2D eigenvalue weighted by molar-refractivity contribution is 9.09. The quantitative estimate of drug-likeness (QED) is 0.493. The number of aryl methyl sites for hydroxylation is 1. The normalized spacial score (nSPS) is 10.9. The Morgan fingerprint density at radius 3 is 2.94 bits per heavy atom. The van der Waals surface area contributed by atoms with Crippen LogP contribution in [0.15, 0.2) is 38.4 Å². The number of rotatable bonds is 3. The highest BCUT2D eigenvalue weighted by Crippen LogP contribution is 2.24. The van der Waals surface area contributed by atoms with Gasteiger partial charge in [0.05, 0.1) is 0 Å². The first-order valence-electron chi connectivity index (χ1n) is 4.94. The molecule has 0 saturated carbocycles. The van der Waals surface area contributed by atoms with Crippen LogP contribution < -0.4 is 5.63 Å². The van der Waals surface area contributed by atoms with Crippen molar-refractivity contribution in [3.05, 3.63) is 40.2 Å². The van der Waals surface area contributed by atoms with E-state index in [2.05, 4.69) is 22.0 Å². The lowest BCUT2D eigenvalue weighted by atomic mass is 10.1. The van der Waals surface area contributed by atoms with E-state index < -0.39 is 0 Å². The fourth-order valence-corrected chi connectivity index (χ4v) is 2.70. The van der Waals surface area contributed by atoms with Crippen LogP contribution in [0.1, 0.15) is 5.56 Å². The van der Waals surface area contributed by atoms with E-state index in [4.69, 9.17) is 4.42 Å². The van der Waals surface area contributed by atoms with Crippen LogP contribution in [0.5, 0.6) is 0 Å². The molecule has 0 unspecified atom stereocenters. The average Bonchev–Trinajstić information content (AvgIpc) is 2.25. The second-order valence-corrected chi connectivity index (χ2v) is 5.41. The average molecular weight is 299 g/mol. The van der Waals surface area contributed by atoms with Crippen LogP contribution in [0.4, 0.5) is 0 Å². The maximum Gasteiger partial charge on any atom is 0.336 e. The smallest absolute Gasteiger partial charge is 0.336 e. The molecular weight excluding hydrogens is 288 g/mol. The van der Waals surface area contributed by atoms with Gasteiger partial charge in [-0.3, -0.25) is 0 Å². The van der Waals surface area contributed by atoms with Crippen molar-refractivity contribution < 1.29 is 4.42 Å².